The molecule has 0 fully saturated rings. The molecule has 0 saturated heterocycles. The lowest BCUT2D eigenvalue weighted by Crippen LogP contribution is -1.98. The zero-order chi connectivity index (χ0) is 10.4. The molecule has 1 aromatic carbocycles. The second-order valence-electron chi connectivity index (χ2n) is 2.87. The molecule has 0 atom stereocenters. The van der Waals surface area contributed by atoms with Crippen molar-refractivity contribution in [1.29, 1.82) is 0 Å². The van der Waals surface area contributed by atoms with E-state index in [1.165, 1.54) is 0 Å². The van der Waals surface area contributed by atoms with E-state index in [1.807, 2.05) is 18.4 Å². The summed E-state index contributed by atoms with van der Waals surface area (Å²) in [6, 6.07) is 6.99. The third-order valence-electron chi connectivity index (χ3n) is 1.48. The number of rotatable bonds is 4. The number of aldehydes is 1. The molecule has 4 heteroatoms. The Balaban J connectivity index is 2.56. The standard InChI is InChI=1S/C10H13NO2S/c1-11(2)14-8-13-10-5-3-9(7-12)4-6-10/h3-8,14H,1-2H3. The molecule has 0 N–H and O–H groups in total. The molecule has 14 heavy (non-hydrogen) atoms. The van der Waals surface area contributed by atoms with Crippen molar-refractivity contribution in [3.05, 3.63) is 29.8 Å². The van der Waals surface area contributed by atoms with Gasteiger partial charge in [-0.3, -0.25) is 9.10 Å². The van der Waals surface area contributed by atoms with Crippen LogP contribution in [0.3, 0.4) is 0 Å². The number of benzene rings is 1. The Morgan fingerprint density at radius 2 is 1.93 bits per heavy atom. The minimum absolute atomic E-state index is 0.655. The van der Waals surface area contributed by atoms with Gasteiger partial charge in [0.25, 0.3) is 0 Å². The van der Waals surface area contributed by atoms with Gasteiger partial charge in [-0.2, -0.15) is 0 Å². The van der Waals surface area contributed by atoms with Gasteiger partial charge in [0.05, 0.1) is 0 Å². The third-order valence-corrected chi connectivity index (χ3v) is 2.14. The molecule has 0 aromatic heterocycles. The normalized spacial score (nSPS) is 11.4. The summed E-state index contributed by atoms with van der Waals surface area (Å²) < 4.78 is 7.29. The fourth-order valence-electron chi connectivity index (χ4n) is 0.804. The lowest BCUT2D eigenvalue weighted by Gasteiger charge is -2.02. The topological polar surface area (TPSA) is 29.5 Å². The van der Waals surface area contributed by atoms with Gasteiger partial charge in [0, 0.05) is 5.56 Å². The molecular formula is C10H13NO2S. The molecule has 0 aliphatic heterocycles. The highest BCUT2D eigenvalue weighted by atomic mass is 32.1. The number of nitrogens with zero attached hydrogens (tertiary/aromatic N) is 1. The van der Waals surface area contributed by atoms with Crippen LogP contribution in [0.5, 0.6) is 5.75 Å². The van der Waals surface area contributed by atoms with Crippen LogP contribution in [0.1, 0.15) is 10.4 Å². The quantitative estimate of drug-likeness (QED) is 0.466. The van der Waals surface area contributed by atoms with Crippen molar-refractivity contribution in [2.24, 2.45) is 0 Å². The Kier molecular flexibility index (Phi) is 4.35. The van der Waals surface area contributed by atoms with Crippen LogP contribution in [-0.4, -0.2) is 30.2 Å². The first-order valence-corrected chi connectivity index (χ1v) is 5.05. The molecular weight excluding hydrogens is 198 g/mol. The Morgan fingerprint density at radius 3 is 2.43 bits per heavy atom. The smallest absolute Gasteiger partial charge is 0.150 e. The molecule has 0 aliphatic carbocycles. The van der Waals surface area contributed by atoms with E-state index in [-0.39, 0.29) is 0 Å². The zero-order valence-corrected chi connectivity index (χ0v) is 9.07. The van der Waals surface area contributed by atoms with Gasteiger partial charge in [0.1, 0.15) is 17.6 Å². The Bertz CT molecular complexity index is 319. The second-order valence-corrected chi connectivity index (χ2v) is 4.11. The predicted molar refractivity (Wildman–Crippen MR) is 61.2 cm³/mol. The van der Waals surface area contributed by atoms with Gasteiger partial charge in [0.2, 0.25) is 0 Å². The number of hydrogen-bond donors (Lipinski definition) is 1. The van der Waals surface area contributed by atoms with Gasteiger partial charge in [-0.25, -0.2) is 0 Å². The summed E-state index contributed by atoms with van der Waals surface area (Å²) in [7, 11) is 3.91. The monoisotopic (exact) mass is 211 g/mol. The largest absolute Gasteiger partial charge is 0.458 e. The van der Waals surface area contributed by atoms with Crippen LogP contribution in [0.4, 0.5) is 0 Å². The Labute approximate surface area is 87.4 Å². The van der Waals surface area contributed by atoms with Gasteiger partial charge in [-0.05, 0) is 38.4 Å². The Morgan fingerprint density at radius 1 is 1.29 bits per heavy atom. The van der Waals surface area contributed by atoms with Crippen LogP contribution in [0.15, 0.2) is 24.3 Å². The fourth-order valence-corrected chi connectivity index (χ4v) is 1.16. The summed E-state index contributed by atoms with van der Waals surface area (Å²) in [5.41, 5.74) is 2.35. The molecule has 0 radical (unpaired) electrons. The first kappa shape index (κ1) is 10.9. The molecule has 0 spiro atoms. The maximum Gasteiger partial charge on any atom is 0.150 e. The van der Waals surface area contributed by atoms with E-state index in [1.54, 1.807) is 29.8 Å². The lowest BCUT2D eigenvalue weighted by atomic mass is 10.2. The van der Waals surface area contributed by atoms with E-state index in [0.717, 1.165) is 23.6 Å². The van der Waals surface area contributed by atoms with Crippen LogP contribution < -0.4 is 4.74 Å². The molecule has 0 amide bonds. The fraction of sp³-hybridized carbons (Fsp3) is 0.200. The van der Waals surface area contributed by atoms with Crippen molar-refractivity contribution >= 4 is 23.4 Å². The van der Waals surface area contributed by atoms with E-state index >= 15 is 0 Å². The van der Waals surface area contributed by atoms with Crippen molar-refractivity contribution in [3.63, 3.8) is 0 Å². The van der Waals surface area contributed by atoms with Crippen LogP contribution in [0.25, 0.3) is 0 Å². The van der Waals surface area contributed by atoms with Crippen LogP contribution in [0.2, 0.25) is 0 Å². The summed E-state index contributed by atoms with van der Waals surface area (Å²) in [5, 5.41) is 0. The number of carbonyl (C=O) groups excluding carboxylic acids is 1. The molecule has 0 saturated carbocycles. The molecule has 0 aliphatic rings. The Hall–Kier alpha value is -1.13. The van der Waals surface area contributed by atoms with E-state index in [4.69, 9.17) is 4.74 Å². The highest BCUT2D eigenvalue weighted by Crippen LogP contribution is 2.10. The average molecular weight is 211 g/mol. The van der Waals surface area contributed by atoms with Crippen molar-refractivity contribution in [1.82, 2.24) is 4.31 Å². The zero-order valence-electron chi connectivity index (χ0n) is 8.18. The van der Waals surface area contributed by atoms with Gasteiger partial charge in [0.15, 0.2) is 0 Å². The van der Waals surface area contributed by atoms with Gasteiger partial charge < -0.3 is 4.74 Å². The average Bonchev–Trinajstić information content (AvgIpc) is 2.18. The molecule has 3 nitrogen and oxygen atoms in total. The van der Waals surface area contributed by atoms with E-state index in [2.05, 4.69) is 0 Å². The molecule has 1 rings (SSSR count). The molecule has 0 unspecified atom stereocenters. The number of thiol groups is 1. The van der Waals surface area contributed by atoms with E-state index in [9.17, 15) is 4.79 Å². The number of carbonyl (C=O) groups is 1. The van der Waals surface area contributed by atoms with Crippen LogP contribution in [-0.2, 0) is 0 Å². The molecule has 0 heterocycles. The van der Waals surface area contributed by atoms with Gasteiger partial charge >= 0.3 is 0 Å². The van der Waals surface area contributed by atoms with Crippen molar-refractivity contribution in [2.75, 3.05) is 14.1 Å². The maximum atomic E-state index is 10.4. The summed E-state index contributed by atoms with van der Waals surface area (Å²) in [6.07, 6.45) is 0.811. The first-order chi connectivity index (χ1) is 6.72. The molecule has 0 bridgehead atoms. The summed E-state index contributed by atoms with van der Waals surface area (Å²) in [6.45, 7) is 0. The van der Waals surface area contributed by atoms with Gasteiger partial charge in [-0.1, -0.05) is 11.5 Å². The highest BCUT2D eigenvalue weighted by molar-refractivity contribution is 7.95. The predicted octanol–water partition coefficient (Wildman–Crippen LogP) is 1.58. The highest BCUT2D eigenvalue weighted by Gasteiger charge is 1.91. The maximum absolute atomic E-state index is 10.4. The van der Waals surface area contributed by atoms with Crippen LogP contribution in [0, 0.1) is 0 Å². The summed E-state index contributed by atoms with van der Waals surface area (Å²) >= 11 is 0.990. The minimum atomic E-state index is 0.655. The van der Waals surface area contributed by atoms with Crippen molar-refractivity contribution in [3.8, 4) is 5.75 Å². The third kappa shape index (κ3) is 3.72. The van der Waals surface area contributed by atoms with Crippen LogP contribution >= 0.6 is 11.5 Å². The van der Waals surface area contributed by atoms with Crippen molar-refractivity contribution in [2.45, 2.75) is 0 Å². The number of hydrogen-bond acceptors (Lipinski definition) is 3. The van der Waals surface area contributed by atoms with E-state index < -0.39 is 0 Å². The number of ether oxygens (including phenoxy) is 1. The first-order valence-electron chi connectivity index (χ1n) is 4.14. The summed E-state index contributed by atoms with van der Waals surface area (Å²) in [5.74, 6) is 0.741. The lowest BCUT2D eigenvalue weighted by molar-refractivity contribution is 0.112. The minimum Gasteiger partial charge on any atom is -0.458 e. The molecule has 76 valence electrons. The van der Waals surface area contributed by atoms with Crippen molar-refractivity contribution < 1.29 is 9.53 Å². The molecule has 1 aromatic rings. The SMILES string of the molecule is CN(C)[SH]=COc1ccc(C=O)cc1. The summed E-state index contributed by atoms with van der Waals surface area (Å²) in [4.78, 5) is 10.4. The second kappa shape index (κ2) is 5.57. The van der Waals surface area contributed by atoms with E-state index in [0.29, 0.717) is 5.56 Å². The van der Waals surface area contributed by atoms with Gasteiger partial charge in [-0.15, -0.1) is 0 Å².